The fourth-order valence-electron chi connectivity index (χ4n) is 5.61. The molecule has 2 aliphatic heterocycles. The normalized spacial score (nSPS) is 20.2. The summed E-state index contributed by atoms with van der Waals surface area (Å²) in [4.78, 5) is 18.4. The van der Waals surface area contributed by atoms with Crippen molar-refractivity contribution in [3.63, 3.8) is 0 Å². The molecule has 1 amide bonds. The Morgan fingerprint density at radius 1 is 1.15 bits per heavy atom. The van der Waals surface area contributed by atoms with Crippen molar-refractivity contribution >= 4 is 34.2 Å². The van der Waals surface area contributed by atoms with Gasteiger partial charge in [-0.2, -0.15) is 5.10 Å². The number of aryl methyl sites for hydroxylation is 2. The van der Waals surface area contributed by atoms with Gasteiger partial charge in [0.15, 0.2) is 0 Å². The van der Waals surface area contributed by atoms with Crippen molar-refractivity contribution in [2.75, 3.05) is 22.5 Å². The Labute approximate surface area is 239 Å². The van der Waals surface area contributed by atoms with Crippen molar-refractivity contribution in [1.82, 2.24) is 20.0 Å². The van der Waals surface area contributed by atoms with E-state index in [0.717, 1.165) is 28.9 Å². The molecule has 2 fully saturated rings. The fourth-order valence-corrected chi connectivity index (χ4v) is 6.72. The molecule has 11 heteroatoms. The van der Waals surface area contributed by atoms with Crippen LogP contribution < -0.4 is 15.0 Å². The highest BCUT2D eigenvalue weighted by atomic mass is 127. The number of alkyl halides is 4. The van der Waals surface area contributed by atoms with Gasteiger partial charge in [0.05, 0.1) is 16.8 Å². The zero-order valence-electron chi connectivity index (χ0n) is 22.0. The number of piperazine rings is 1. The number of hydrogen-bond acceptors (Lipinski definition) is 5. The van der Waals surface area contributed by atoms with E-state index in [1.165, 1.54) is 25.0 Å². The van der Waals surface area contributed by atoms with Crippen LogP contribution in [0, 0.1) is 6.92 Å². The lowest BCUT2D eigenvalue weighted by Gasteiger charge is -2.41. The van der Waals surface area contributed by atoms with Crippen molar-refractivity contribution in [2.24, 2.45) is 7.05 Å². The second-order valence-electron chi connectivity index (χ2n) is 10.4. The molecule has 5 rings (SSSR count). The molecule has 2 bridgehead atoms. The third kappa shape index (κ3) is 6.19. The van der Waals surface area contributed by atoms with Crippen molar-refractivity contribution in [2.45, 2.75) is 51.2 Å². The maximum atomic E-state index is 13.4. The fraction of sp³-hybridized carbons (Fsp3) is 0.429. The minimum Gasteiger partial charge on any atom is -0.406 e. The van der Waals surface area contributed by atoms with E-state index in [1.54, 1.807) is 37.1 Å². The molecular weight excluding hydrogens is 622 g/mol. The predicted molar refractivity (Wildman–Crippen MR) is 152 cm³/mol. The summed E-state index contributed by atoms with van der Waals surface area (Å²) in [6, 6.07) is 10.8. The Kier molecular flexibility index (Phi) is 7.82. The van der Waals surface area contributed by atoms with Gasteiger partial charge in [-0.3, -0.25) is 14.4 Å². The first-order valence-electron chi connectivity index (χ1n) is 12.9. The molecule has 0 aliphatic carbocycles. The number of halogens is 4. The number of nitrogens with one attached hydrogen (secondary N) is 1. The Hall–Kier alpha value is -2.80. The van der Waals surface area contributed by atoms with Crippen LogP contribution in [0.25, 0.3) is 11.1 Å². The van der Waals surface area contributed by atoms with Crippen LogP contribution in [0.3, 0.4) is 0 Å². The molecule has 208 valence electrons. The molecule has 0 radical (unpaired) electrons. The molecule has 3 atom stereocenters. The van der Waals surface area contributed by atoms with Crippen LogP contribution in [0.2, 0.25) is 0 Å². The van der Waals surface area contributed by atoms with E-state index in [2.05, 4.69) is 53.6 Å². The van der Waals surface area contributed by atoms with Gasteiger partial charge >= 0.3 is 6.36 Å². The molecule has 1 N–H and O–H groups in total. The highest BCUT2D eigenvalue weighted by molar-refractivity contribution is 14.1. The lowest BCUT2D eigenvalue weighted by Crippen LogP contribution is -2.53. The number of benzene rings is 2. The van der Waals surface area contributed by atoms with Crippen LogP contribution in [0.15, 0.2) is 48.8 Å². The van der Waals surface area contributed by atoms with Crippen LogP contribution in [0.1, 0.15) is 47.3 Å². The summed E-state index contributed by atoms with van der Waals surface area (Å²) in [7, 11) is 1.73. The Morgan fingerprint density at radius 2 is 1.87 bits per heavy atom. The zero-order chi connectivity index (χ0) is 27.9. The van der Waals surface area contributed by atoms with Crippen molar-refractivity contribution in [1.29, 1.82) is 0 Å². The molecule has 0 saturated carbocycles. The van der Waals surface area contributed by atoms with E-state index in [4.69, 9.17) is 0 Å². The number of anilines is 1. The standard InChI is InChI=1S/C28H31F3IN5O2/c1-17-4-5-22(36-14-23-6-7-24(15-36)37(23)16-32)11-26(17)27(38)34-18(2)19-8-20(21-12-33-35(3)13-21)10-25(9-19)39-28(29,30)31/h4-5,8-13,18,23-24H,6-7,14-16H2,1-3H3,(H,34,38)/t18-,23-,24+/m1/s1. The third-order valence-electron chi connectivity index (χ3n) is 7.65. The quantitative estimate of drug-likeness (QED) is 0.198. The molecule has 3 heterocycles. The zero-order valence-corrected chi connectivity index (χ0v) is 24.2. The largest absolute Gasteiger partial charge is 0.573 e. The van der Waals surface area contributed by atoms with E-state index in [1.807, 2.05) is 19.1 Å². The van der Waals surface area contributed by atoms with Gasteiger partial charge in [-0.25, -0.2) is 0 Å². The van der Waals surface area contributed by atoms with Gasteiger partial charge in [-0.15, -0.1) is 13.2 Å². The summed E-state index contributed by atoms with van der Waals surface area (Å²) in [5.41, 5.74) is 4.05. The summed E-state index contributed by atoms with van der Waals surface area (Å²) in [6.45, 7) is 5.50. The van der Waals surface area contributed by atoms with Crippen molar-refractivity contribution in [3.8, 4) is 16.9 Å². The number of fused-ring (bicyclic) bond motifs is 2. The number of aromatic nitrogens is 2. The highest BCUT2D eigenvalue weighted by Gasteiger charge is 2.39. The average molecular weight is 653 g/mol. The molecule has 1 aromatic heterocycles. The minimum absolute atomic E-state index is 0.277. The number of carbonyl (C=O) groups excluding carboxylic acids is 1. The number of amides is 1. The second-order valence-corrected chi connectivity index (χ2v) is 11.0. The average Bonchev–Trinajstić information content (AvgIpc) is 3.42. The molecule has 3 aromatic rings. The van der Waals surface area contributed by atoms with E-state index in [0.29, 0.717) is 34.3 Å². The van der Waals surface area contributed by atoms with Gasteiger partial charge in [0.25, 0.3) is 5.91 Å². The Bertz CT molecular complexity index is 1350. The van der Waals surface area contributed by atoms with Gasteiger partial charge in [-0.05, 0) is 73.7 Å². The predicted octanol–water partition coefficient (Wildman–Crippen LogP) is 5.83. The lowest BCUT2D eigenvalue weighted by atomic mass is 10.0. The van der Waals surface area contributed by atoms with Gasteiger partial charge < -0.3 is 15.0 Å². The third-order valence-corrected chi connectivity index (χ3v) is 8.44. The summed E-state index contributed by atoms with van der Waals surface area (Å²) in [5, 5.41) is 7.09. The van der Waals surface area contributed by atoms with Crippen molar-refractivity contribution < 1.29 is 22.7 Å². The summed E-state index contributed by atoms with van der Waals surface area (Å²) in [6.07, 6.45) is 0.829. The van der Waals surface area contributed by atoms with Gasteiger partial charge in [0, 0.05) is 55.2 Å². The molecule has 0 spiro atoms. The Balaban J connectivity index is 1.37. The smallest absolute Gasteiger partial charge is 0.406 e. The van der Waals surface area contributed by atoms with Crippen molar-refractivity contribution in [3.05, 3.63) is 65.5 Å². The van der Waals surface area contributed by atoms with Crippen LogP contribution >= 0.6 is 22.6 Å². The van der Waals surface area contributed by atoms with E-state index in [-0.39, 0.29) is 11.7 Å². The van der Waals surface area contributed by atoms with Gasteiger partial charge in [0.2, 0.25) is 0 Å². The van der Waals surface area contributed by atoms with Crippen LogP contribution in [-0.4, -0.2) is 56.7 Å². The first-order valence-corrected chi connectivity index (χ1v) is 14.4. The molecule has 2 aliphatic rings. The number of rotatable bonds is 7. The molecular formula is C28H31F3IN5O2. The first kappa shape index (κ1) is 27.8. The Morgan fingerprint density at radius 3 is 2.49 bits per heavy atom. The lowest BCUT2D eigenvalue weighted by molar-refractivity contribution is -0.274. The number of carbonyl (C=O) groups is 1. The van der Waals surface area contributed by atoms with Gasteiger partial charge in [0.1, 0.15) is 5.75 Å². The highest BCUT2D eigenvalue weighted by Crippen LogP contribution is 2.35. The molecule has 7 nitrogen and oxygen atoms in total. The maximum absolute atomic E-state index is 13.4. The van der Waals surface area contributed by atoms with E-state index < -0.39 is 12.4 Å². The molecule has 2 aromatic carbocycles. The summed E-state index contributed by atoms with van der Waals surface area (Å²) >= 11 is 2.43. The number of nitrogens with zero attached hydrogens (tertiary/aromatic N) is 4. The topological polar surface area (TPSA) is 62.6 Å². The monoisotopic (exact) mass is 653 g/mol. The first-order chi connectivity index (χ1) is 18.5. The van der Waals surface area contributed by atoms with E-state index in [9.17, 15) is 18.0 Å². The maximum Gasteiger partial charge on any atom is 0.573 e. The molecule has 39 heavy (non-hydrogen) atoms. The summed E-state index contributed by atoms with van der Waals surface area (Å²) in [5.74, 6) is -0.626. The van der Waals surface area contributed by atoms with Crippen LogP contribution in [0.4, 0.5) is 18.9 Å². The number of ether oxygens (including phenoxy) is 1. The van der Waals surface area contributed by atoms with Crippen LogP contribution in [0.5, 0.6) is 5.75 Å². The summed E-state index contributed by atoms with van der Waals surface area (Å²) < 4.78 is 46.0. The second kappa shape index (κ2) is 11.0. The minimum atomic E-state index is -4.84. The SMILES string of the molecule is Cc1ccc(N2C[C@H]3CC[C@@H](C2)N3CI)cc1C(=O)N[C@H](C)c1cc(OC(F)(F)F)cc(-c2cnn(C)c2)c1. The molecule has 2 saturated heterocycles. The van der Waals surface area contributed by atoms with E-state index >= 15 is 0 Å². The molecule has 0 unspecified atom stereocenters. The number of hydrogen-bond donors (Lipinski definition) is 1. The van der Waals surface area contributed by atoms with Crippen LogP contribution in [-0.2, 0) is 7.05 Å². The van der Waals surface area contributed by atoms with Gasteiger partial charge in [-0.1, -0.05) is 28.7 Å².